The van der Waals surface area contributed by atoms with Crippen LogP contribution in [0.1, 0.15) is 59.8 Å². The topological polar surface area (TPSA) is 82.4 Å². The van der Waals surface area contributed by atoms with Crippen LogP contribution in [0.2, 0.25) is 0 Å². The van der Waals surface area contributed by atoms with Crippen LogP contribution >= 0.6 is 0 Å². The number of nitrogens with zero attached hydrogens (tertiary/aromatic N) is 2. The molecule has 1 heterocycles. The van der Waals surface area contributed by atoms with Gasteiger partial charge in [-0.05, 0) is 60.9 Å². The molecule has 0 saturated carbocycles. The maximum atomic E-state index is 13.4. The van der Waals surface area contributed by atoms with Gasteiger partial charge in [0, 0.05) is 16.8 Å². The fourth-order valence-corrected chi connectivity index (χ4v) is 4.28. The first-order valence-corrected chi connectivity index (χ1v) is 11.5. The molecular formula is C28H27N3O3. The van der Waals surface area contributed by atoms with Gasteiger partial charge in [-0.3, -0.25) is 9.59 Å². The van der Waals surface area contributed by atoms with E-state index in [1.807, 2.05) is 60.4 Å². The van der Waals surface area contributed by atoms with Crippen molar-refractivity contribution in [2.45, 2.75) is 45.4 Å². The Hall–Kier alpha value is -4.11. The second kappa shape index (κ2) is 10.2. The average Bonchev–Trinajstić information content (AvgIpc) is 3.01. The van der Waals surface area contributed by atoms with Gasteiger partial charge in [-0.2, -0.15) is 5.26 Å². The van der Waals surface area contributed by atoms with E-state index in [-0.39, 0.29) is 17.9 Å². The van der Waals surface area contributed by atoms with Crippen molar-refractivity contribution in [2.24, 2.45) is 0 Å². The second-order valence-corrected chi connectivity index (χ2v) is 8.28. The summed E-state index contributed by atoms with van der Waals surface area (Å²) in [7, 11) is 0. The highest BCUT2D eigenvalue weighted by molar-refractivity contribution is 6.04. The van der Waals surface area contributed by atoms with Crippen molar-refractivity contribution in [1.82, 2.24) is 4.90 Å². The Morgan fingerprint density at radius 2 is 1.85 bits per heavy atom. The summed E-state index contributed by atoms with van der Waals surface area (Å²) in [6.07, 6.45) is 0.784. The van der Waals surface area contributed by atoms with Gasteiger partial charge in [-0.25, -0.2) is 0 Å². The van der Waals surface area contributed by atoms with Crippen LogP contribution in [-0.2, 0) is 11.3 Å². The summed E-state index contributed by atoms with van der Waals surface area (Å²) < 4.78 is 6.11. The van der Waals surface area contributed by atoms with Gasteiger partial charge >= 0.3 is 0 Å². The first kappa shape index (κ1) is 23.1. The van der Waals surface area contributed by atoms with Crippen molar-refractivity contribution in [1.29, 1.82) is 5.26 Å². The molecule has 0 radical (unpaired) electrons. The molecule has 0 aromatic heterocycles. The molecule has 6 heteroatoms. The molecule has 1 N–H and O–H groups in total. The monoisotopic (exact) mass is 453 g/mol. The molecular weight excluding hydrogens is 426 g/mol. The molecule has 3 aromatic rings. The highest BCUT2D eigenvalue weighted by Gasteiger charge is 2.34. The van der Waals surface area contributed by atoms with E-state index in [0.29, 0.717) is 35.5 Å². The maximum Gasteiger partial charge on any atom is 0.264 e. The van der Waals surface area contributed by atoms with Crippen LogP contribution in [0.15, 0.2) is 72.8 Å². The lowest BCUT2D eigenvalue weighted by Crippen LogP contribution is -2.41. The molecule has 0 bridgehead atoms. The molecule has 0 spiro atoms. The Bertz CT molecular complexity index is 1220. The van der Waals surface area contributed by atoms with E-state index in [4.69, 9.17) is 10.00 Å². The predicted molar refractivity (Wildman–Crippen MR) is 130 cm³/mol. The van der Waals surface area contributed by atoms with Gasteiger partial charge in [0.1, 0.15) is 5.75 Å². The number of carbonyl (C=O) groups is 2. The smallest absolute Gasteiger partial charge is 0.264 e. The predicted octanol–water partition coefficient (Wildman–Crippen LogP) is 5.46. The molecule has 1 aliphatic heterocycles. The van der Waals surface area contributed by atoms with E-state index in [0.717, 1.165) is 17.5 Å². The third kappa shape index (κ3) is 4.79. The van der Waals surface area contributed by atoms with Gasteiger partial charge in [-0.1, -0.05) is 44.2 Å². The number of nitrogens with one attached hydrogen (secondary N) is 1. The van der Waals surface area contributed by atoms with E-state index in [9.17, 15) is 9.59 Å². The van der Waals surface area contributed by atoms with Crippen molar-refractivity contribution >= 4 is 17.5 Å². The molecule has 2 amide bonds. The summed E-state index contributed by atoms with van der Waals surface area (Å²) in [6.45, 7) is 4.41. The fourth-order valence-electron chi connectivity index (χ4n) is 4.28. The molecule has 0 saturated heterocycles. The van der Waals surface area contributed by atoms with E-state index >= 15 is 0 Å². The Morgan fingerprint density at radius 1 is 1.12 bits per heavy atom. The Labute approximate surface area is 199 Å². The first-order valence-electron chi connectivity index (χ1n) is 11.5. The van der Waals surface area contributed by atoms with Crippen LogP contribution in [0.5, 0.6) is 5.75 Å². The third-order valence-electron chi connectivity index (χ3n) is 6.08. The van der Waals surface area contributed by atoms with Crippen LogP contribution < -0.4 is 10.1 Å². The van der Waals surface area contributed by atoms with Crippen LogP contribution in [-0.4, -0.2) is 22.8 Å². The summed E-state index contributed by atoms with van der Waals surface area (Å²) in [4.78, 5) is 28.0. The van der Waals surface area contributed by atoms with Gasteiger partial charge in [0.05, 0.1) is 24.2 Å². The van der Waals surface area contributed by atoms with Crippen LogP contribution in [0.4, 0.5) is 5.69 Å². The minimum absolute atomic E-state index is 0.0300. The number of fused-ring (bicyclic) bond motifs is 1. The van der Waals surface area contributed by atoms with Crippen molar-refractivity contribution in [3.63, 3.8) is 0 Å². The fraction of sp³-hybridized carbons (Fsp3) is 0.250. The molecule has 34 heavy (non-hydrogen) atoms. The van der Waals surface area contributed by atoms with Crippen LogP contribution in [0, 0.1) is 11.3 Å². The lowest BCUT2D eigenvalue weighted by molar-refractivity contribution is -0.141. The highest BCUT2D eigenvalue weighted by Crippen LogP contribution is 2.34. The molecule has 172 valence electrons. The maximum absolute atomic E-state index is 13.4. The summed E-state index contributed by atoms with van der Waals surface area (Å²) in [5.74, 6) is 0.355. The molecule has 4 rings (SSSR count). The third-order valence-corrected chi connectivity index (χ3v) is 6.08. The van der Waals surface area contributed by atoms with E-state index in [2.05, 4.69) is 12.2 Å². The number of rotatable bonds is 6. The number of ether oxygens (including phenoxy) is 1. The number of amides is 2. The van der Waals surface area contributed by atoms with E-state index in [1.165, 1.54) is 0 Å². The summed E-state index contributed by atoms with van der Waals surface area (Å²) in [6, 6.07) is 23.9. The number of hydrogen-bond donors (Lipinski definition) is 1. The lowest BCUT2D eigenvalue weighted by atomic mass is 10.0. The Balaban J connectivity index is 1.63. The molecule has 6 nitrogen and oxygen atoms in total. The van der Waals surface area contributed by atoms with Gasteiger partial charge in [0.15, 0.2) is 6.10 Å². The number of nitriles is 1. The summed E-state index contributed by atoms with van der Waals surface area (Å²) in [5.41, 5.74) is 3.51. The second-order valence-electron chi connectivity index (χ2n) is 8.28. The van der Waals surface area contributed by atoms with E-state index in [1.54, 1.807) is 30.3 Å². The van der Waals surface area contributed by atoms with E-state index < -0.39 is 6.10 Å². The van der Waals surface area contributed by atoms with Gasteiger partial charge in [0.2, 0.25) is 0 Å². The molecule has 0 aliphatic carbocycles. The molecule has 0 unspecified atom stereocenters. The minimum Gasteiger partial charge on any atom is -0.480 e. The number of carbonyl (C=O) groups excluding carboxylic acids is 2. The average molecular weight is 454 g/mol. The normalized spacial score (nSPS) is 16.0. The minimum atomic E-state index is -0.557. The standard InChI is InChI=1S/C28H27N3O3/c1-3-24(20-8-6-5-7-9-20)31-18-22-16-23(14-15-26(22)34-25(4-2)28(31)33)30-27(32)21-12-10-19(17-29)11-13-21/h5-16,24-25H,3-4,18H2,1-2H3,(H,30,32)/t24-,25+/m0/s1. The van der Waals surface area contributed by atoms with Crippen LogP contribution in [0.25, 0.3) is 0 Å². The zero-order chi connectivity index (χ0) is 24.1. The number of anilines is 1. The number of benzene rings is 3. The van der Waals surface area contributed by atoms with Gasteiger partial charge in [0.25, 0.3) is 11.8 Å². The molecule has 2 atom stereocenters. The van der Waals surface area contributed by atoms with Crippen molar-refractivity contribution in [3.05, 3.63) is 95.1 Å². The van der Waals surface area contributed by atoms with Gasteiger partial charge in [-0.15, -0.1) is 0 Å². The highest BCUT2D eigenvalue weighted by atomic mass is 16.5. The number of hydrogen-bond acceptors (Lipinski definition) is 4. The lowest BCUT2D eigenvalue weighted by Gasteiger charge is -2.32. The largest absolute Gasteiger partial charge is 0.480 e. The molecule has 0 fully saturated rings. The SMILES string of the molecule is CC[C@H]1Oc2ccc(NC(=O)c3ccc(C#N)cc3)cc2CN([C@@H](CC)c2ccccc2)C1=O. The van der Waals surface area contributed by atoms with Crippen molar-refractivity contribution in [2.75, 3.05) is 5.32 Å². The molecule has 1 aliphatic rings. The quantitative estimate of drug-likeness (QED) is 0.537. The summed E-state index contributed by atoms with van der Waals surface area (Å²) >= 11 is 0. The van der Waals surface area contributed by atoms with Gasteiger partial charge < -0.3 is 15.0 Å². The zero-order valence-electron chi connectivity index (χ0n) is 19.3. The first-order chi connectivity index (χ1) is 16.5. The Kier molecular flexibility index (Phi) is 6.93. The Morgan fingerprint density at radius 3 is 2.50 bits per heavy atom. The van der Waals surface area contributed by atoms with Crippen LogP contribution in [0.3, 0.4) is 0 Å². The summed E-state index contributed by atoms with van der Waals surface area (Å²) in [5, 5.41) is 11.9. The zero-order valence-corrected chi connectivity index (χ0v) is 19.3. The molecule has 3 aromatic carbocycles. The van der Waals surface area contributed by atoms with Crippen molar-refractivity contribution < 1.29 is 14.3 Å². The van der Waals surface area contributed by atoms with Crippen molar-refractivity contribution in [3.8, 4) is 11.8 Å².